The monoisotopic (exact) mass is 315 g/mol. The molecule has 0 amide bonds. The Morgan fingerprint density at radius 2 is 1.64 bits per heavy atom. The van der Waals surface area contributed by atoms with E-state index in [4.69, 9.17) is 21.8 Å². The van der Waals surface area contributed by atoms with E-state index >= 15 is 0 Å². The number of rotatable bonds is 3. The third-order valence-electron chi connectivity index (χ3n) is 3.08. The lowest BCUT2D eigenvalue weighted by Crippen LogP contribution is -1.88. The van der Waals surface area contributed by atoms with Crippen molar-refractivity contribution < 1.29 is 9.34 Å². The molecule has 0 atom stereocenters. The van der Waals surface area contributed by atoms with Crippen LogP contribution in [0, 0.1) is 10.1 Å². The molecule has 2 N–H and O–H groups in total. The van der Waals surface area contributed by atoms with Crippen LogP contribution in [-0.4, -0.2) is 9.91 Å². The summed E-state index contributed by atoms with van der Waals surface area (Å²) < 4.78 is 5.68. The zero-order valence-electron chi connectivity index (χ0n) is 11.2. The Morgan fingerprint density at radius 3 is 2.23 bits per heavy atom. The molecule has 1 aromatic heterocycles. The molecule has 3 rings (SSSR count). The first-order chi connectivity index (χ1) is 10.5. The molecule has 0 fully saturated rings. The number of oxazole rings is 1. The van der Waals surface area contributed by atoms with E-state index in [-0.39, 0.29) is 11.5 Å². The van der Waals surface area contributed by atoms with Crippen LogP contribution in [-0.2, 0) is 0 Å². The fourth-order valence-electron chi connectivity index (χ4n) is 1.99. The second kappa shape index (κ2) is 5.50. The van der Waals surface area contributed by atoms with Crippen LogP contribution in [0.1, 0.15) is 0 Å². The number of halogens is 1. The van der Waals surface area contributed by atoms with Crippen LogP contribution >= 0.6 is 11.6 Å². The minimum atomic E-state index is -0.465. The molecule has 0 aliphatic heterocycles. The normalized spacial score (nSPS) is 10.6. The number of aromatic nitrogens is 1. The number of hydrogen-bond acceptors (Lipinski definition) is 5. The summed E-state index contributed by atoms with van der Waals surface area (Å²) >= 11 is 5.85. The first kappa shape index (κ1) is 14.1. The van der Waals surface area contributed by atoms with Crippen LogP contribution in [0.3, 0.4) is 0 Å². The highest BCUT2D eigenvalue weighted by Crippen LogP contribution is 2.32. The van der Waals surface area contributed by atoms with Crippen LogP contribution in [0.4, 0.5) is 11.5 Å². The van der Waals surface area contributed by atoms with Gasteiger partial charge in [0.25, 0.3) is 5.69 Å². The van der Waals surface area contributed by atoms with E-state index in [2.05, 4.69) is 4.98 Å². The largest absolute Gasteiger partial charge is 0.434 e. The lowest BCUT2D eigenvalue weighted by atomic mass is 10.2. The second-order valence-corrected chi connectivity index (χ2v) is 4.98. The number of anilines is 1. The molecule has 2 aromatic carbocycles. The van der Waals surface area contributed by atoms with E-state index in [0.29, 0.717) is 22.2 Å². The smallest absolute Gasteiger partial charge is 0.269 e. The van der Waals surface area contributed by atoms with Gasteiger partial charge >= 0.3 is 0 Å². The number of nitrogens with two attached hydrogens (primary N) is 1. The highest BCUT2D eigenvalue weighted by molar-refractivity contribution is 6.30. The van der Waals surface area contributed by atoms with Gasteiger partial charge in [-0.25, -0.2) is 0 Å². The Morgan fingerprint density at radius 1 is 1.05 bits per heavy atom. The summed E-state index contributed by atoms with van der Waals surface area (Å²) in [6.07, 6.45) is 0. The number of hydrogen-bond donors (Lipinski definition) is 1. The van der Waals surface area contributed by atoms with Crippen molar-refractivity contribution in [3.63, 3.8) is 0 Å². The molecule has 3 aromatic rings. The van der Waals surface area contributed by atoms with Gasteiger partial charge in [0.05, 0.1) is 4.92 Å². The van der Waals surface area contributed by atoms with E-state index < -0.39 is 4.92 Å². The van der Waals surface area contributed by atoms with Crippen molar-refractivity contribution in [1.29, 1.82) is 0 Å². The van der Waals surface area contributed by atoms with Crippen molar-refractivity contribution in [2.45, 2.75) is 0 Å². The van der Waals surface area contributed by atoms with E-state index in [1.807, 2.05) is 0 Å². The summed E-state index contributed by atoms with van der Waals surface area (Å²) in [4.78, 5) is 14.4. The zero-order chi connectivity index (χ0) is 15.7. The summed E-state index contributed by atoms with van der Waals surface area (Å²) in [6, 6.07) is 12.9. The highest BCUT2D eigenvalue weighted by atomic mass is 35.5. The molecule has 110 valence electrons. The molecule has 0 bridgehead atoms. The number of nitro benzene ring substituents is 1. The van der Waals surface area contributed by atoms with Gasteiger partial charge in [0.1, 0.15) is 0 Å². The molecule has 1 heterocycles. The summed E-state index contributed by atoms with van der Waals surface area (Å²) in [6.45, 7) is 0. The van der Waals surface area contributed by atoms with E-state index in [1.165, 1.54) is 12.1 Å². The van der Waals surface area contributed by atoms with Crippen molar-refractivity contribution in [1.82, 2.24) is 4.98 Å². The van der Waals surface area contributed by atoms with Gasteiger partial charge in [-0.2, -0.15) is 4.98 Å². The van der Waals surface area contributed by atoms with Gasteiger partial charge in [-0.3, -0.25) is 10.1 Å². The first-order valence-electron chi connectivity index (χ1n) is 6.31. The Balaban J connectivity index is 1.98. The molecule has 6 nitrogen and oxygen atoms in total. The van der Waals surface area contributed by atoms with Crippen molar-refractivity contribution in [3.8, 4) is 22.8 Å². The van der Waals surface area contributed by atoms with E-state index in [9.17, 15) is 10.1 Å². The predicted octanol–water partition coefficient (Wildman–Crippen LogP) is 4.15. The van der Waals surface area contributed by atoms with Gasteiger partial charge in [-0.15, -0.1) is 0 Å². The summed E-state index contributed by atoms with van der Waals surface area (Å²) in [5.74, 6) is 0.984. The van der Waals surface area contributed by atoms with Gasteiger partial charge in [0, 0.05) is 28.3 Å². The third kappa shape index (κ3) is 2.64. The van der Waals surface area contributed by atoms with Crippen molar-refractivity contribution in [2.24, 2.45) is 0 Å². The molecule has 0 saturated heterocycles. The zero-order valence-corrected chi connectivity index (χ0v) is 11.9. The Bertz CT molecular complexity index is 826. The molecule has 7 heteroatoms. The fourth-order valence-corrected chi connectivity index (χ4v) is 2.12. The maximum atomic E-state index is 10.7. The fraction of sp³-hybridized carbons (Fsp3) is 0. The molecule has 0 saturated carbocycles. The lowest BCUT2D eigenvalue weighted by Gasteiger charge is -1.98. The molecule has 0 spiro atoms. The SMILES string of the molecule is Nc1nc(-c2ccc([N+](=O)[O-])cc2)oc1-c1ccc(Cl)cc1. The minimum absolute atomic E-state index is 0.00111. The topological polar surface area (TPSA) is 95.2 Å². The van der Waals surface area contributed by atoms with Gasteiger partial charge < -0.3 is 10.2 Å². The molecule has 0 aliphatic carbocycles. The Hall–Kier alpha value is -2.86. The lowest BCUT2D eigenvalue weighted by molar-refractivity contribution is -0.384. The third-order valence-corrected chi connectivity index (χ3v) is 3.34. The average Bonchev–Trinajstić information content (AvgIpc) is 2.90. The second-order valence-electron chi connectivity index (χ2n) is 4.54. The molecular weight excluding hydrogens is 306 g/mol. The van der Waals surface area contributed by atoms with Crippen molar-refractivity contribution >= 4 is 23.1 Å². The van der Waals surface area contributed by atoms with Crippen molar-refractivity contribution in [2.75, 3.05) is 5.73 Å². The Labute approximate surface area is 130 Å². The van der Waals surface area contributed by atoms with E-state index in [1.54, 1.807) is 36.4 Å². The number of nitro groups is 1. The van der Waals surface area contributed by atoms with Crippen LogP contribution in [0.25, 0.3) is 22.8 Å². The molecule has 0 aliphatic rings. The number of nitrogens with zero attached hydrogens (tertiary/aromatic N) is 2. The summed E-state index contributed by atoms with van der Waals surface area (Å²) in [5.41, 5.74) is 7.24. The number of non-ortho nitro benzene ring substituents is 1. The quantitative estimate of drug-likeness (QED) is 0.578. The van der Waals surface area contributed by atoms with E-state index in [0.717, 1.165) is 5.56 Å². The van der Waals surface area contributed by atoms with Gasteiger partial charge in [-0.05, 0) is 36.4 Å². The van der Waals surface area contributed by atoms with Crippen molar-refractivity contribution in [3.05, 3.63) is 63.7 Å². The van der Waals surface area contributed by atoms with Crippen LogP contribution in [0.15, 0.2) is 52.9 Å². The number of nitrogen functional groups attached to an aromatic ring is 1. The first-order valence-corrected chi connectivity index (χ1v) is 6.69. The number of benzene rings is 2. The van der Waals surface area contributed by atoms with Crippen LogP contribution < -0.4 is 5.73 Å². The van der Waals surface area contributed by atoms with Gasteiger partial charge in [0.15, 0.2) is 11.6 Å². The summed E-state index contributed by atoms with van der Waals surface area (Å²) in [5, 5.41) is 11.3. The van der Waals surface area contributed by atoms with Gasteiger partial charge in [0.2, 0.25) is 5.89 Å². The average molecular weight is 316 g/mol. The van der Waals surface area contributed by atoms with Gasteiger partial charge in [-0.1, -0.05) is 11.6 Å². The standard InChI is InChI=1S/C15H10ClN3O3/c16-11-5-1-9(2-6-11)13-14(17)18-15(22-13)10-3-7-12(8-4-10)19(20)21/h1-8H,17H2. The maximum absolute atomic E-state index is 10.7. The maximum Gasteiger partial charge on any atom is 0.269 e. The van der Waals surface area contributed by atoms with Crippen LogP contribution in [0.5, 0.6) is 0 Å². The van der Waals surface area contributed by atoms with Crippen LogP contribution in [0.2, 0.25) is 5.02 Å². The molecule has 0 radical (unpaired) electrons. The Kier molecular flexibility index (Phi) is 3.52. The molecule has 0 unspecified atom stereocenters. The predicted molar refractivity (Wildman–Crippen MR) is 83.5 cm³/mol. The minimum Gasteiger partial charge on any atom is -0.434 e. The summed E-state index contributed by atoms with van der Waals surface area (Å²) in [7, 11) is 0. The highest BCUT2D eigenvalue weighted by Gasteiger charge is 2.15. The molecular formula is C15H10ClN3O3. The molecule has 22 heavy (non-hydrogen) atoms.